The molecule has 0 saturated heterocycles. The van der Waals surface area contributed by atoms with Crippen LogP contribution in [0.3, 0.4) is 0 Å². The summed E-state index contributed by atoms with van der Waals surface area (Å²) in [5.41, 5.74) is 1.82. The second-order valence-electron chi connectivity index (χ2n) is 5.20. The first-order valence-corrected chi connectivity index (χ1v) is 8.30. The molecule has 0 saturated carbocycles. The Morgan fingerprint density at radius 2 is 1.96 bits per heavy atom. The molecule has 0 atom stereocenters. The summed E-state index contributed by atoms with van der Waals surface area (Å²) in [6, 6.07) is 8.50. The third kappa shape index (κ3) is 4.13. The summed E-state index contributed by atoms with van der Waals surface area (Å²) in [5.74, 6) is 0.558. The van der Waals surface area contributed by atoms with E-state index in [1.807, 2.05) is 13.8 Å². The van der Waals surface area contributed by atoms with Gasteiger partial charge < -0.3 is 14.8 Å². The van der Waals surface area contributed by atoms with Gasteiger partial charge in [0.1, 0.15) is 0 Å². The van der Waals surface area contributed by atoms with E-state index in [0.717, 1.165) is 12.0 Å². The van der Waals surface area contributed by atoms with Crippen LogP contribution in [0.2, 0.25) is 10.0 Å². The average molecular weight is 368 g/mol. The Hall–Kier alpha value is -1.91. The average Bonchev–Trinajstić information content (AvgIpc) is 2.57. The molecular weight excluding hydrogens is 349 g/mol. The van der Waals surface area contributed by atoms with Crippen LogP contribution >= 0.6 is 23.2 Å². The minimum atomic E-state index is -0.303. The zero-order valence-electron chi connectivity index (χ0n) is 13.8. The quantitative estimate of drug-likeness (QED) is 0.748. The highest BCUT2D eigenvalue weighted by atomic mass is 35.5. The molecule has 0 bridgehead atoms. The van der Waals surface area contributed by atoms with Crippen LogP contribution in [0.25, 0.3) is 0 Å². The van der Waals surface area contributed by atoms with Crippen molar-refractivity contribution in [2.24, 2.45) is 0 Å². The molecule has 0 heterocycles. The fraction of sp³-hybridized carbons (Fsp3) is 0.278. The Balaban J connectivity index is 2.29. The number of carbonyl (C=O) groups excluding carboxylic acids is 1. The fourth-order valence-corrected chi connectivity index (χ4v) is 2.57. The predicted molar refractivity (Wildman–Crippen MR) is 97.9 cm³/mol. The molecule has 0 aliphatic rings. The molecule has 4 nitrogen and oxygen atoms in total. The molecule has 2 aromatic rings. The molecule has 0 aromatic heterocycles. The molecule has 1 N–H and O–H groups in total. The van der Waals surface area contributed by atoms with Crippen LogP contribution in [0.1, 0.15) is 29.3 Å². The highest BCUT2D eigenvalue weighted by Crippen LogP contribution is 2.37. The lowest BCUT2D eigenvalue weighted by Gasteiger charge is -2.14. The van der Waals surface area contributed by atoms with Crippen LogP contribution in [-0.4, -0.2) is 19.6 Å². The maximum atomic E-state index is 12.5. The topological polar surface area (TPSA) is 47.6 Å². The maximum absolute atomic E-state index is 12.5. The lowest BCUT2D eigenvalue weighted by Crippen LogP contribution is -2.13. The van der Waals surface area contributed by atoms with Gasteiger partial charge in [0.25, 0.3) is 5.91 Å². The molecule has 0 spiro atoms. The summed E-state index contributed by atoms with van der Waals surface area (Å²) < 4.78 is 10.9. The lowest BCUT2D eigenvalue weighted by molar-refractivity contribution is 0.102. The van der Waals surface area contributed by atoms with Crippen molar-refractivity contribution in [3.8, 4) is 11.5 Å². The molecule has 0 aliphatic carbocycles. The molecule has 0 aliphatic heterocycles. The zero-order valence-corrected chi connectivity index (χ0v) is 15.3. The van der Waals surface area contributed by atoms with E-state index in [1.54, 1.807) is 30.3 Å². The molecule has 2 rings (SSSR count). The summed E-state index contributed by atoms with van der Waals surface area (Å²) in [4.78, 5) is 12.5. The highest BCUT2D eigenvalue weighted by molar-refractivity contribution is 6.33. The van der Waals surface area contributed by atoms with Gasteiger partial charge in [0, 0.05) is 16.3 Å². The number of halogens is 2. The second-order valence-corrected chi connectivity index (χ2v) is 6.02. The monoisotopic (exact) mass is 367 g/mol. The van der Waals surface area contributed by atoms with Crippen molar-refractivity contribution >= 4 is 34.8 Å². The van der Waals surface area contributed by atoms with Crippen molar-refractivity contribution in [3.05, 3.63) is 51.5 Å². The molecule has 128 valence electrons. The number of hydrogen-bond donors (Lipinski definition) is 1. The van der Waals surface area contributed by atoms with Gasteiger partial charge in [-0.2, -0.15) is 0 Å². The van der Waals surface area contributed by atoms with Crippen molar-refractivity contribution in [3.63, 3.8) is 0 Å². The molecule has 1 amide bonds. The van der Waals surface area contributed by atoms with Crippen LogP contribution < -0.4 is 14.8 Å². The van der Waals surface area contributed by atoms with E-state index in [1.165, 1.54) is 7.11 Å². The number of hydrogen-bond acceptors (Lipinski definition) is 3. The van der Waals surface area contributed by atoms with Crippen molar-refractivity contribution in [2.45, 2.75) is 20.3 Å². The first-order chi connectivity index (χ1) is 11.5. The minimum Gasteiger partial charge on any atom is -0.493 e. The number of methoxy groups -OCH3 is 1. The highest BCUT2D eigenvalue weighted by Gasteiger charge is 2.16. The minimum absolute atomic E-state index is 0.303. The number of carbonyl (C=O) groups is 1. The standard InChI is InChI=1S/C18H19Cl2NO3/c1-4-8-24-17-14(20)9-12(10-16(17)23-3)18(22)21-15-7-5-6-13(19)11(15)2/h5-7,9-10H,4,8H2,1-3H3,(H,21,22). The van der Waals surface area contributed by atoms with Crippen LogP contribution in [0.5, 0.6) is 11.5 Å². The molecule has 0 fully saturated rings. The third-order valence-electron chi connectivity index (χ3n) is 3.46. The number of anilines is 1. The summed E-state index contributed by atoms with van der Waals surface area (Å²) in [6.45, 7) is 4.35. The summed E-state index contributed by atoms with van der Waals surface area (Å²) in [6.07, 6.45) is 0.843. The molecule has 24 heavy (non-hydrogen) atoms. The van der Waals surface area contributed by atoms with E-state index in [4.69, 9.17) is 32.7 Å². The number of nitrogens with one attached hydrogen (secondary N) is 1. The number of rotatable bonds is 6. The zero-order chi connectivity index (χ0) is 17.7. The number of amides is 1. The van der Waals surface area contributed by atoms with Crippen LogP contribution in [0, 0.1) is 6.92 Å². The normalized spacial score (nSPS) is 10.4. The van der Waals surface area contributed by atoms with Crippen molar-refractivity contribution in [2.75, 3.05) is 19.0 Å². The van der Waals surface area contributed by atoms with E-state index >= 15 is 0 Å². The Morgan fingerprint density at radius 3 is 2.62 bits per heavy atom. The van der Waals surface area contributed by atoms with Gasteiger partial charge in [-0.3, -0.25) is 4.79 Å². The maximum Gasteiger partial charge on any atom is 0.255 e. The summed E-state index contributed by atoms with van der Waals surface area (Å²) in [5, 5.41) is 3.75. The molecule has 2 aromatic carbocycles. The van der Waals surface area contributed by atoms with Crippen LogP contribution in [0.15, 0.2) is 30.3 Å². The van der Waals surface area contributed by atoms with Gasteiger partial charge >= 0.3 is 0 Å². The number of benzene rings is 2. The fourth-order valence-electron chi connectivity index (χ4n) is 2.13. The lowest BCUT2D eigenvalue weighted by atomic mass is 10.1. The Labute approximate surface area is 151 Å². The summed E-state index contributed by atoms with van der Waals surface area (Å²) in [7, 11) is 1.51. The smallest absolute Gasteiger partial charge is 0.255 e. The SMILES string of the molecule is CCCOc1c(Cl)cc(C(=O)Nc2cccc(Cl)c2C)cc1OC. The Morgan fingerprint density at radius 1 is 1.21 bits per heavy atom. The van der Waals surface area contributed by atoms with E-state index in [-0.39, 0.29) is 5.91 Å². The van der Waals surface area contributed by atoms with Gasteiger partial charge in [0.15, 0.2) is 11.5 Å². The van der Waals surface area contributed by atoms with Gasteiger partial charge in [-0.05, 0) is 43.2 Å². The van der Waals surface area contributed by atoms with Gasteiger partial charge in [0.05, 0.1) is 18.7 Å². The molecule has 0 radical (unpaired) electrons. The van der Waals surface area contributed by atoms with Crippen LogP contribution in [0.4, 0.5) is 5.69 Å². The van der Waals surface area contributed by atoms with Gasteiger partial charge in [0.2, 0.25) is 0 Å². The van der Waals surface area contributed by atoms with Crippen LogP contribution in [-0.2, 0) is 0 Å². The first-order valence-electron chi connectivity index (χ1n) is 7.54. The van der Waals surface area contributed by atoms with E-state index in [0.29, 0.717) is 39.4 Å². The Kier molecular flexibility index (Phi) is 6.35. The predicted octanol–water partition coefficient (Wildman–Crippen LogP) is 5.35. The largest absolute Gasteiger partial charge is 0.493 e. The second kappa shape index (κ2) is 8.27. The Bertz CT molecular complexity index is 747. The van der Waals surface area contributed by atoms with Crippen molar-refractivity contribution < 1.29 is 14.3 Å². The van der Waals surface area contributed by atoms with Gasteiger partial charge in [-0.15, -0.1) is 0 Å². The third-order valence-corrected chi connectivity index (χ3v) is 4.15. The van der Waals surface area contributed by atoms with Crippen molar-refractivity contribution in [1.29, 1.82) is 0 Å². The number of ether oxygens (including phenoxy) is 2. The first kappa shape index (κ1) is 18.4. The van der Waals surface area contributed by atoms with E-state index < -0.39 is 0 Å². The molecule has 0 unspecified atom stereocenters. The van der Waals surface area contributed by atoms with Gasteiger partial charge in [-0.25, -0.2) is 0 Å². The van der Waals surface area contributed by atoms with Gasteiger partial charge in [-0.1, -0.05) is 36.2 Å². The van der Waals surface area contributed by atoms with E-state index in [9.17, 15) is 4.79 Å². The molecule has 6 heteroatoms. The molecular formula is C18H19Cl2NO3. The summed E-state index contributed by atoms with van der Waals surface area (Å²) >= 11 is 12.3. The van der Waals surface area contributed by atoms with Crippen molar-refractivity contribution in [1.82, 2.24) is 0 Å². The van der Waals surface area contributed by atoms with E-state index in [2.05, 4.69) is 5.32 Å².